The standard InChI is InChI=1S/C16H19FO5/c1-3-20-15(18)13(16(19)21-4-2)14-12-6-5-11(17)9-10(12)7-8-22-14/h5-6,9,13-14H,3-4,7-8H2,1-2H3. The molecule has 6 heteroatoms. The van der Waals surface area contributed by atoms with Gasteiger partial charge in [0.1, 0.15) is 11.9 Å². The van der Waals surface area contributed by atoms with Gasteiger partial charge in [-0.05, 0) is 43.5 Å². The minimum Gasteiger partial charge on any atom is -0.465 e. The molecule has 2 rings (SSSR count). The molecule has 1 aliphatic rings. The number of halogens is 1. The summed E-state index contributed by atoms with van der Waals surface area (Å²) in [5.74, 6) is -2.95. The summed E-state index contributed by atoms with van der Waals surface area (Å²) in [5.41, 5.74) is 1.36. The Morgan fingerprint density at radius 2 is 1.91 bits per heavy atom. The molecular weight excluding hydrogens is 291 g/mol. The molecule has 120 valence electrons. The van der Waals surface area contributed by atoms with Crippen LogP contribution in [0.25, 0.3) is 0 Å². The van der Waals surface area contributed by atoms with Crippen LogP contribution in [-0.2, 0) is 30.2 Å². The van der Waals surface area contributed by atoms with E-state index in [0.717, 1.165) is 5.56 Å². The molecule has 0 spiro atoms. The predicted molar refractivity (Wildman–Crippen MR) is 75.6 cm³/mol. The molecule has 0 bridgehead atoms. The van der Waals surface area contributed by atoms with E-state index in [4.69, 9.17) is 14.2 Å². The van der Waals surface area contributed by atoms with Crippen molar-refractivity contribution >= 4 is 11.9 Å². The van der Waals surface area contributed by atoms with Crippen LogP contribution in [0.3, 0.4) is 0 Å². The molecule has 0 saturated heterocycles. The molecule has 0 aliphatic carbocycles. The first-order chi connectivity index (χ1) is 10.6. The summed E-state index contributed by atoms with van der Waals surface area (Å²) in [6, 6.07) is 4.23. The molecule has 0 amide bonds. The van der Waals surface area contributed by atoms with Gasteiger partial charge < -0.3 is 14.2 Å². The van der Waals surface area contributed by atoms with Crippen molar-refractivity contribution in [3.05, 3.63) is 35.1 Å². The number of carbonyl (C=O) groups excluding carboxylic acids is 2. The van der Waals surface area contributed by atoms with E-state index in [-0.39, 0.29) is 19.0 Å². The highest BCUT2D eigenvalue weighted by Crippen LogP contribution is 2.34. The molecule has 1 atom stereocenters. The average molecular weight is 310 g/mol. The van der Waals surface area contributed by atoms with Gasteiger partial charge in [-0.15, -0.1) is 0 Å². The quantitative estimate of drug-likeness (QED) is 0.616. The Hall–Kier alpha value is -1.95. The minimum atomic E-state index is -1.20. The zero-order valence-electron chi connectivity index (χ0n) is 12.6. The Kier molecular flexibility index (Phi) is 5.49. The van der Waals surface area contributed by atoms with E-state index in [2.05, 4.69) is 0 Å². The fourth-order valence-electron chi connectivity index (χ4n) is 2.54. The number of ether oxygens (including phenoxy) is 3. The lowest BCUT2D eigenvalue weighted by Crippen LogP contribution is -2.36. The molecule has 1 unspecified atom stereocenters. The maximum Gasteiger partial charge on any atom is 0.323 e. The molecule has 22 heavy (non-hydrogen) atoms. The van der Waals surface area contributed by atoms with E-state index in [1.165, 1.54) is 12.1 Å². The summed E-state index contributed by atoms with van der Waals surface area (Å²) in [7, 11) is 0. The fourth-order valence-corrected chi connectivity index (χ4v) is 2.54. The van der Waals surface area contributed by atoms with Crippen LogP contribution in [-0.4, -0.2) is 31.8 Å². The van der Waals surface area contributed by atoms with Crippen LogP contribution in [0.4, 0.5) is 4.39 Å². The number of hydrogen-bond acceptors (Lipinski definition) is 5. The molecule has 1 aromatic rings. The Morgan fingerprint density at radius 3 is 2.50 bits per heavy atom. The average Bonchev–Trinajstić information content (AvgIpc) is 2.48. The van der Waals surface area contributed by atoms with Gasteiger partial charge in [0.05, 0.1) is 19.8 Å². The van der Waals surface area contributed by atoms with Crippen LogP contribution in [0.15, 0.2) is 18.2 Å². The third-order valence-corrected chi connectivity index (χ3v) is 3.46. The van der Waals surface area contributed by atoms with Crippen molar-refractivity contribution in [1.29, 1.82) is 0 Å². The monoisotopic (exact) mass is 310 g/mol. The topological polar surface area (TPSA) is 61.8 Å². The van der Waals surface area contributed by atoms with E-state index in [0.29, 0.717) is 18.6 Å². The first-order valence-corrected chi connectivity index (χ1v) is 7.31. The van der Waals surface area contributed by atoms with Crippen molar-refractivity contribution in [3.8, 4) is 0 Å². The minimum absolute atomic E-state index is 0.151. The number of benzene rings is 1. The fraction of sp³-hybridized carbons (Fsp3) is 0.500. The molecule has 1 aromatic carbocycles. The molecule has 5 nitrogen and oxygen atoms in total. The highest BCUT2D eigenvalue weighted by atomic mass is 19.1. The molecule has 1 aliphatic heterocycles. The Labute approximate surface area is 128 Å². The molecule has 0 fully saturated rings. The molecule has 0 N–H and O–H groups in total. The van der Waals surface area contributed by atoms with E-state index in [9.17, 15) is 14.0 Å². The highest BCUT2D eigenvalue weighted by molar-refractivity contribution is 5.96. The second-order valence-electron chi connectivity index (χ2n) is 4.87. The Morgan fingerprint density at radius 1 is 1.27 bits per heavy atom. The summed E-state index contributed by atoms with van der Waals surface area (Å²) in [6.45, 7) is 3.92. The van der Waals surface area contributed by atoms with Crippen molar-refractivity contribution < 1.29 is 28.2 Å². The van der Waals surface area contributed by atoms with Crippen molar-refractivity contribution in [2.75, 3.05) is 19.8 Å². The maximum atomic E-state index is 13.4. The van der Waals surface area contributed by atoms with E-state index >= 15 is 0 Å². The van der Waals surface area contributed by atoms with E-state index < -0.39 is 24.0 Å². The van der Waals surface area contributed by atoms with Gasteiger partial charge in [-0.3, -0.25) is 9.59 Å². The summed E-state index contributed by atoms with van der Waals surface area (Å²) in [6.07, 6.45) is -0.287. The maximum absolute atomic E-state index is 13.4. The smallest absolute Gasteiger partial charge is 0.323 e. The highest BCUT2D eigenvalue weighted by Gasteiger charge is 2.41. The predicted octanol–water partition coefficient (Wildman–Crippen LogP) is 2.18. The second-order valence-corrected chi connectivity index (χ2v) is 4.87. The second kappa shape index (κ2) is 7.35. The van der Waals surface area contributed by atoms with Crippen LogP contribution in [0.5, 0.6) is 0 Å². The van der Waals surface area contributed by atoms with Gasteiger partial charge in [0.25, 0.3) is 0 Å². The summed E-state index contributed by atoms with van der Waals surface area (Å²) >= 11 is 0. The molecule has 0 radical (unpaired) electrons. The first kappa shape index (κ1) is 16.4. The third-order valence-electron chi connectivity index (χ3n) is 3.46. The van der Waals surface area contributed by atoms with Crippen molar-refractivity contribution in [1.82, 2.24) is 0 Å². The van der Waals surface area contributed by atoms with Gasteiger partial charge in [0, 0.05) is 0 Å². The van der Waals surface area contributed by atoms with Crippen LogP contribution in [0.1, 0.15) is 31.1 Å². The van der Waals surface area contributed by atoms with Gasteiger partial charge in [0.2, 0.25) is 0 Å². The zero-order valence-corrected chi connectivity index (χ0v) is 12.6. The SMILES string of the molecule is CCOC(=O)C(C(=O)OCC)C1OCCc2cc(F)ccc21. The molecular formula is C16H19FO5. The van der Waals surface area contributed by atoms with Gasteiger partial charge in [-0.2, -0.15) is 0 Å². The van der Waals surface area contributed by atoms with Gasteiger partial charge >= 0.3 is 11.9 Å². The van der Waals surface area contributed by atoms with Gasteiger partial charge in [-0.25, -0.2) is 4.39 Å². The number of carbonyl (C=O) groups is 2. The van der Waals surface area contributed by atoms with Gasteiger partial charge in [-0.1, -0.05) is 6.07 Å². The summed E-state index contributed by atoms with van der Waals surface area (Å²) < 4.78 is 28.9. The van der Waals surface area contributed by atoms with E-state index in [1.54, 1.807) is 19.9 Å². The van der Waals surface area contributed by atoms with Crippen LogP contribution in [0.2, 0.25) is 0 Å². The summed E-state index contributed by atoms with van der Waals surface area (Å²) in [5, 5.41) is 0. The van der Waals surface area contributed by atoms with Crippen LogP contribution in [0, 0.1) is 11.7 Å². The lowest BCUT2D eigenvalue weighted by Gasteiger charge is -2.30. The first-order valence-electron chi connectivity index (χ1n) is 7.31. The van der Waals surface area contributed by atoms with Crippen molar-refractivity contribution in [2.24, 2.45) is 5.92 Å². The Balaban J connectivity index is 2.36. The number of hydrogen-bond donors (Lipinski definition) is 0. The number of rotatable bonds is 5. The zero-order chi connectivity index (χ0) is 16.1. The van der Waals surface area contributed by atoms with Crippen LogP contribution >= 0.6 is 0 Å². The largest absolute Gasteiger partial charge is 0.465 e. The van der Waals surface area contributed by atoms with Crippen LogP contribution < -0.4 is 0 Å². The lowest BCUT2D eigenvalue weighted by molar-refractivity contribution is -0.170. The molecule has 1 heterocycles. The third kappa shape index (κ3) is 3.44. The molecule has 0 saturated carbocycles. The lowest BCUT2D eigenvalue weighted by atomic mass is 9.89. The van der Waals surface area contributed by atoms with Gasteiger partial charge in [0.15, 0.2) is 5.92 Å². The Bertz CT molecular complexity index is 539. The van der Waals surface area contributed by atoms with Crippen molar-refractivity contribution in [3.63, 3.8) is 0 Å². The van der Waals surface area contributed by atoms with E-state index in [1.807, 2.05) is 0 Å². The molecule has 0 aromatic heterocycles. The normalized spacial score (nSPS) is 17.0. The van der Waals surface area contributed by atoms with Crippen molar-refractivity contribution in [2.45, 2.75) is 26.4 Å². The number of esters is 2. The summed E-state index contributed by atoms with van der Waals surface area (Å²) in [4.78, 5) is 24.3. The number of fused-ring (bicyclic) bond motifs is 1.